The first-order valence-electron chi connectivity index (χ1n) is 8.23. The lowest BCUT2D eigenvalue weighted by Gasteiger charge is -2.22. The molecule has 0 aliphatic carbocycles. The number of nitrogens with zero attached hydrogens (tertiary/aromatic N) is 1. The fraction of sp³-hybridized carbons (Fsp3) is 0.250. The fourth-order valence-electron chi connectivity index (χ4n) is 3.02. The van der Waals surface area contributed by atoms with Crippen LogP contribution in [0.2, 0.25) is 0 Å². The number of methoxy groups -OCH3 is 1. The minimum absolute atomic E-state index is 0.0803. The number of urea groups is 1. The van der Waals surface area contributed by atoms with Gasteiger partial charge < -0.3 is 10.1 Å². The van der Waals surface area contributed by atoms with E-state index in [1.165, 1.54) is 7.11 Å². The molecule has 0 bridgehead atoms. The average molecular weight is 352 g/mol. The minimum atomic E-state index is -1.11. The lowest BCUT2D eigenvalue weighted by atomic mass is 9.91. The molecule has 1 heterocycles. The van der Waals surface area contributed by atoms with Crippen LogP contribution < -0.4 is 5.32 Å². The van der Waals surface area contributed by atoms with Crippen molar-refractivity contribution in [2.45, 2.75) is 25.9 Å². The summed E-state index contributed by atoms with van der Waals surface area (Å²) in [5.41, 5.74) is 1.74. The second-order valence-electron chi connectivity index (χ2n) is 6.50. The van der Waals surface area contributed by atoms with Crippen LogP contribution in [0, 0.1) is 6.92 Å². The van der Waals surface area contributed by atoms with E-state index >= 15 is 0 Å². The van der Waals surface area contributed by atoms with E-state index in [-0.39, 0.29) is 12.5 Å². The molecular formula is C20H20N2O4. The van der Waals surface area contributed by atoms with Crippen molar-refractivity contribution in [3.05, 3.63) is 70.8 Å². The Hall–Kier alpha value is -3.15. The van der Waals surface area contributed by atoms with Crippen molar-refractivity contribution in [2.75, 3.05) is 7.11 Å². The number of aryl methyl sites for hydroxylation is 1. The molecule has 0 unspecified atom stereocenters. The van der Waals surface area contributed by atoms with Crippen LogP contribution in [0.3, 0.4) is 0 Å². The van der Waals surface area contributed by atoms with Gasteiger partial charge in [0.15, 0.2) is 0 Å². The van der Waals surface area contributed by atoms with Gasteiger partial charge in [0.1, 0.15) is 5.54 Å². The largest absolute Gasteiger partial charge is 0.465 e. The van der Waals surface area contributed by atoms with Crippen molar-refractivity contribution in [1.82, 2.24) is 10.2 Å². The van der Waals surface area contributed by atoms with E-state index in [1.54, 1.807) is 31.2 Å². The van der Waals surface area contributed by atoms with Gasteiger partial charge in [-0.3, -0.25) is 9.69 Å². The predicted molar refractivity (Wildman–Crippen MR) is 95.4 cm³/mol. The Balaban J connectivity index is 1.86. The van der Waals surface area contributed by atoms with E-state index in [2.05, 4.69) is 5.32 Å². The number of imide groups is 1. The number of ether oxygens (including phenoxy) is 1. The maximum absolute atomic E-state index is 13.0. The molecule has 1 aliphatic heterocycles. The van der Waals surface area contributed by atoms with Gasteiger partial charge in [-0.2, -0.15) is 0 Å². The summed E-state index contributed by atoms with van der Waals surface area (Å²) in [6.45, 7) is 3.74. The number of rotatable bonds is 4. The molecule has 2 aromatic carbocycles. The Kier molecular flexibility index (Phi) is 4.50. The van der Waals surface area contributed by atoms with Gasteiger partial charge in [0.05, 0.1) is 19.2 Å². The molecule has 0 radical (unpaired) electrons. The monoisotopic (exact) mass is 352 g/mol. The molecule has 134 valence electrons. The van der Waals surface area contributed by atoms with Crippen molar-refractivity contribution in [1.29, 1.82) is 0 Å². The van der Waals surface area contributed by atoms with Gasteiger partial charge in [-0.15, -0.1) is 0 Å². The van der Waals surface area contributed by atoms with Crippen LogP contribution in [0.25, 0.3) is 0 Å². The minimum Gasteiger partial charge on any atom is -0.465 e. The van der Waals surface area contributed by atoms with E-state index in [0.717, 1.165) is 16.0 Å². The third kappa shape index (κ3) is 3.06. The molecular weight excluding hydrogens is 332 g/mol. The fourth-order valence-corrected chi connectivity index (χ4v) is 3.02. The van der Waals surface area contributed by atoms with Crippen LogP contribution in [0.5, 0.6) is 0 Å². The summed E-state index contributed by atoms with van der Waals surface area (Å²) < 4.78 is 4.71. The van der Waals surface area contributed by atoms with Crippen LogP contribution in [0.1, 0.15) is 34.0 Å². The van der Waals surface area contributed by atoms with Crippen molar-refractivity contribution in [3.8, 4) is 0 Å². The standard InChI is InChI=1S/C20H20N2O4/c1-13-7-9-16(10-8-13)20(2)18(24)22(19(25)21-20)12-14-5-4-6-15(11-14)17(23)26-3/h4-11H,12H2,1-3H3,(H,21,25)/t20-/m0/s1. The molecule has 0 aromatic heterocycles. The number of hydrogen-bond acceptors (Lipinski definition) is 4. The highest BCUT2D eigenvalue weighted by Crippen LogP contribution is 2.30. The number of carbonyl (C=O) groups excluding carboxylic acids is 3. The SMILES string of the molecule is COC(=O)c1cccc(CN2C(=O)N[C@@](C)(c3ccc(C)cc3)C2=O)c1. The zero-order valence-electron chi connectivity index (χ0n) is 14.9. The Morgan fingerprint density at radius 2 is 1.85 bits per heavy atom. The van der Waals surface area contributed by atoms with Crippen molar-refractivity contribution < 1.29 is 19.1 Å². The summed E-state index contributed by atoms with van der Waals surface area (Å²) in [5, 5.41) is 2.78. The number of carbonyl (C=O) groups is 3. The zero-order valence-corrected chi connectivity index (χ0v) is 14.9. The van der Waals surface area contributed by atoms with E-state index < -0.39 is 17.5 Å². The van der Waals surface area contributed by atoms with Gasteiger partial charge in [0.2, 0.25) is 0 Å². The molecule has 1 atom stereocenters. The number of nitrogens with one attached hydrogen (secondary N) is 1. The van der Waals surface area contributed by atoms with Gasteiger partial charge >= 0.3 is 12.0 Å². The van der Waals surface area contributed by atoms with E-state index in [9.17, 15) is 14.4 Å². The number of benzene rings is 2. The van der Waals surface area contributed by atoms with E-state index in [1.807, 2.05) is 31.2 Å². The topological polar surface area (TPSA) is 75.7 Å². The third-order valence-electron chi connectivity index (χ3n) is 4.59. The molecule has 6 heteroatoms. The van der Waals surface area contributed by atoms with Gasteiger partial charge in [-0.25, -0.2) is 9.59 Å². The summed E-state index contributed by atoms with van der Waals surface area (Å²) in [6, 6.07) is 13.7. The molecule has 6 nitrogen and oxygen atoms in total. The normalized spacial score (nSPS) is 19.4. The maximum Gasteiger partial charge on any atom is 0.337 e. The first-order valence-corrected chi connectivity index (χ1v) is 8.23. The van der Waals surface area contributed by atoms with Crippen molar-refractivity contribution >= 4 is 17.9 Å². The maximum atomic E-state index is 13.0. The second-order valence-corrected chi connectivity index (χ2v) is 6.50. The molecule has 3 rings (SSSR count). The van der Waals surface area contributed by atoms with Gasteiger partial charge in [0.25, 0.3) is 5.91 Å². The smallest absolute Gasteiger partial charge is 0.337 e. The summed E-state index contributed by atoms with van der Waals surface area (Å²) in [5.74, 6) is -0.789. The van der Waals surface area contributed by atoms with Crippen LogP contribution in [0.15, 0.2) is 48.5 Å². The Bertz CT molecular complexity index is 876. The highest BCUT2D eigenvalue weighted by molar-refractivity contribution is 6.07. The quantitative estimate of drug-likeness (QED) is 0.678. The molecule has 1 aliphatic rings. The molecule has 0 spiro atoms. The highest BCUT2D eigenvalue weighted by atomic mass is 16.5. The number of hydrogen-bond donors (Lipinski definition) is 1. The van der Waals surface area contributed by atoms with E-state index in [4.69, 9.17) is 4.74 Å². The van der Waals surface area contributed by atoms with Crippen molar-refractivity contribution in [3.63, 3.8) is 0 Å². The van der Waals surface area contributed by atoms with Crippen LogP contribution in [-0.2, 0) is 21.6 Å². The molecule has 1 saturated heterocycles. The molecule has 26 heavy (non-hydrogen) atoms. The first kappa shape index (κ1) is 17.7. The van der Waals surface area contributed by atoms with Crippen LogP contribution >= 0.6 is 0 Å². The van der Waals surface area contributed by atoms with Gasteiger partial charge in [0, 0.05) is 0 Å². The molecule has 1 fully saturated rings. The average Bonchev–Trinajstić information content (AvgIpc) is 2.86. The Morgan fingerprint density at radius 3 is 2.50 bits per heavy atom. The Labute approximate surface area is 151 Å². The van der Waals surface area contributed by atoms with Gasteiger partial charge in [-0.05, 0) is 37.1 Å². The third-order valence-corrected chi connectivity index (χ3v) is 4.59. The highest BCUT2D eigenvalue weighted by Gasteiger charge is 2.48. The van der Waals surface area contributed by atoms with E-state index in [0.29, 0.717) is 11.1 Å². The number of esters is 1. The summed E-state index contributed by atoms with van der Waals surface area (Å²) in [6.07, 6.45) is 0. The molecule has 3 amide bonds. The second kappa shape index (κ2) is 6.63. The zero-order chi connectivity index (χ0) is 18.9. The van der Waals surface area contributed by atoms with Gasteiger partial charge in [-0.1, -0.05) is 42.0 Å². The molecule has 2 aromatic rings. The molecule has 0 saturated carbocycles. The number of amides is 3. The van der Waals surface area contributed by atoms with Crippen LogP contribution in [-0.4, -0.2) is 29.9 Å². The van der Waals surface area contributed by atoms with Crippen LogP contribution in [0.4, 0.5) is 4.79 Å². The summed E-state index contributed by atoms with van der Waals surface area (Å²) >= 11 is 0. The lowest BCUT2D eigenvalue weighted by Crippen LogP contribution is -2.40. The first-order chi connectivity index (χ1) is 12.3. The Morgan fingerprint density at radius 1 is 1.15 bits per heavy atom. The molecule has 1 N–H and O–H groups in total. The lowest BCUT2D eigenvalue weighted by molar-refractivity contribution is -0.131. The van der Waals surface area contributed by atoms with Crippen molar-refractivity contribution in [2.24, 2.45) is 0 Å². The predicted octanol–water partition coefficient (Wildman–Crippen LogP) is 2.75. The summed E-state index contributed by atoms with van der Waals surface area (Å²) in [7, 11) is 1.31. The summed E-state index contributed by atoms with van der Waals surface area (Å²) in [4.78, 5) is 38.2.